The van der Waals surface area contributed by atoms with E-state index in [0.717, 1.165) is 48.4 Å². The van der Waals surface area contributed by atoms with E-state index in [4.69, 9.17) is 4.98 Å². The number of hydrogen-bond donors (Lipinski definition) is 2. The van der Waals surface area contributed by atoms with Gasteiger partial charge in [0, 0.05) is 17.8 Å². The van der Waals surface area contributed by atoms with E-state index in [2.05, 4.69) is 16.4 Å². The molecule has 0 amide bonds. The summed E-state index contributed by atoms with van der Waals surface area (Å²) < 4.78 is 14.9. The van der Waals surface area contributed by atoms with Crippen molar-refractivity contribution in [3.63, 3.8) is 0 Å². The second-order valence-electron chi connectivity index (χ2n) is 7.82. The van der Waals surface area contributed by atoms with Crippen LogP contribution >= 0.6 is 0 Å². The predicted octanol–water partition coefficient (Wildman–Crippen LogP) is 4.37. The van der Waals surface area contributed by atoms with Crippen LogP contribution < -0.4 is 10.9 Å². The molecule has 0 fully saturated rings. The first kappa shape index (κ1) is 20.7. The molecule has 0 bridgehead atoms. The number of allylic oxidation sites excluding steroid dienone is 2. The minimum Gasteiger partial charge on any atom is -0.476 e. The Hall–Kier alpha value is -3.55. The summed E-state index contributed by atoms with van der Waals surface area (Å²) in [5.74, 6) is -2.20. The van der Waals surface area contributed by atoms with Gasteiger partial charge >= 0.3 is 5.97 Å². The number of nitrogens with zero attached hydrogens (tertiary/aromatic N) is 3. The molecule has 0 aromatic carbocycles. The lowest BCUT2D eigenvalue weighted by Crippen LogP contribution is -2.20. The number of nitrogens with one attached hydrogen (secondary N) is 1. The second kappa shape index (κ2) is 8.29. The van der Waals surface area contributed by atoms with E-state index in [-0.39, 0.29) is 11.2 Å². The fourth-order valence-corrected chi connectivity index (χ4v) is 3.95. The number of aromatic nitrogens is 3. The Balaban J connectivity index is 1.81. The van der Waals surface area contributed by atoms with Crippen molar-refractivity contribution in [3.05, 3.63) is 75.4 Å². The molecule has 160 valence electrons. The average Bonchev–Trinajstić information content (AvgIpc) is 2.75. The van der Waals surface area contributed by atoms with Crippen LogP contribution in [-0.4, -0.2) is 25.4 Å². The Morgan fingerprint density at radius 1 is 1.26 bits per heavy atom. The molecule has 3 aromatic rings. The Morgan fingerprint density at radius 3 is 2.77 bits per heavy atom. The number of fused-ring (bicyclic) bond motifs is 1. The quantitative estimate of drug-likeness (QED) is 0.593. The van der Waals surface area contributed by atoms with E-state index in [1.54, 1.807) is 12.3 Å². The lowest BCUT2D eigenvalue weighted by atomic mass is 9.97. The summed E-state index contributed by atoms with van der Waals surface area (Å²) in [6.45, 7) is 3.71. The summed E-state index contributed by atoms with van der Waals surface area (Å²) in [6, 6.07) is 5.51. The summed E-state index contributed by atoms with van der Waals surface area (Å²) in [6.07, 6.45) is 7.95. The van der Waals surface area contributed by atoms with E-state index in [0.29, 0.717) is 11.3 Å². The summed E-state index contributed by atoms with van der Waals surface area (Å²) in [7, 11) is 0. The zero-order chi connectivity index (χ0) is 22.1. The Labute approximate surface area is 178 Å². The molecule has 1 aliphatic carbocycles. The smallest absolute Gasteiger partial charge is 0.356 e. The van der Waals surface area contributed by atoms with Gasteiger partial charge in [0.05, 0.1) is 17.4 Å². The summed E-state index contributed by atoms with van der Waals surface area (Å²) in [4.78, 5) is 32.6. The highest BCUT2D eigenvalue weighted by Crippen LogP contribution is 2.28. The Bertz CT molecular complexity index is 1270. The van der Waals surface area contributed by atoms with Gasteiger partial charge in [0.1, 0.15) is 5.65 Å². The molecule has 0 saturated heterocycles. The van der Waals surface area contributed by atoms with Gasteiger partial charge in [-0.15, -0.1) is 0 Å². The summed E-state index contributed by atoms with van der Waals surface area (Å²) in [5, 5.41) is 12.5. The van der Waals surface area contributed by atoms with E-state index in [1.807, 2.05) is 19.9 Å². The van der Waals surface area contributed by atoms with Gasteiger partial charge in [0.25, 0.3) is 5.56 Å². The highest BCUT2D eigenvalue weighted by molar-refractivity contribution is 5.92. The molecule has 3 heterocycles. The maximum atomic E-state index is 13.4. The van der Waals surface area contributed by atoms with Crippen LogP contribution in [-0.2, 0) is 0 Å². The zero-order valence-corrected chi connectivity index (χ0v) is 17.4. The van der Waals surface area contributed by atoms with Gasteiger partial charge in [0.2, 0.25) is 5.95 Å². The molecular formula is C23H23FN4O3. The first-order valence-electron chi connectivity index (χ1n) is 10.2. The number of carboxylic acid groups (broad SMARTS) is 1. The molecule has 1 aliphatic rings. The van der Waals surface area contributed by atoms with E-state index in [9.17, 15) is 19.1 Å². The van der Waals surface area contributed by atoms with Crippen molar-refractivity contribution in [2.24, 2.45) is 0 Å². The van der Waals surface area contributed by atoms with Crippen LogP contribution in [0.2, 0.25) is 0 Å². The van der Waals surface area contributed by atoms with Gasteiger partial charge in [-0.1, -0.05) is 6.08 Å². The second-order valence-corrected chi connectivity index (χ2v) is 7.82. The van der Waals surface area contributed by atoms with E-state index >= 15 is 0 Å². The molecule has 0 aliphatic heterocycles. The zero-order valence-electron chi connectivity index (χ0n) is 17.4. The third-order valence-corrected chi connectivity index (χ3v) is 5.45. The molecule has 3 aromatic heterocycles. The molecule has 8 heteroatoms. The summed E-state index contributed by atoms with van der Waals surface area (Å²) >= 11 is 0. The third-order valence-electron chi connectivity index (χ3n) is 5.45. The molecule has 1 atom stereocenters. The topological polar surface area (TPSA) is 96.6 Å². The van der Waals surface area contributed by atoms with Gasteiger partial charge in [-0.05, 0) is 68.9 Å². The van der Waals surface area contributed by atoms with Crippen LogP contribution in [0.15, 0.2) is 41.3 Å². The highest BCUT2D eigenvalue weighted by atomic mass is 19.1. The molecule has 4 rings (SSSR count). The van der Waals surface area contributed by atoms with Gasteiger partial charge in [-0.25, -0.2) is 14.8 Å². The first-order chi connectivity index (χ1) is 14.8. The largest absolute Gasteiger partial charge is 0.476 e. The highest BCUT2D eigenvalue weighted by Gasteiger charge is 2.19. The fraction of sp³-hybridized carbons (Fsp3) is 0.304. The molecular weight excluding hydrogens is 399 g/mol. The number of aryl methyl sites for hydroxylation is 1. The monoisotopic (exact) mass is 422 g/mol. The maximum Gasteiger partial charge on any atom is 0.356 e. The number of pyridine rings is 2. The molecule has 7 nitrogen and oxygen atoms in total. The van der Waals surface area contributed by atoms with Crippen molar-refractivity contribution in [3.8, 4) is 0 Å². The van der Waals surface area contributed by atoms with Crippen molar-refractivity contribution in [2.75, 3.05) is 5.32 Å². The Morgan fingerprint density at radius 2 is 2.06 bits per heavy atom. The minimum absolute atomic E-state index is 0.168. The van der Waals surface area contributed by atoms with Gasteiger partial charge in [-0.2, -0.15) is 4.39 Å². The third kappa shape index (κ3) is 4.19. The molecule has 0 unspecified atom stereocenters. The van der Waals surface area contributed by atoms with Crippen molar-refractivity contribution >= 4 is 22.9 Å². The van der Waals surface area contributed by atoms with Crippen LogP contribution in [0.5, 0.6) is 0 Å². The number of carboxylic acids is 1. The number of aromatic carboxylic acids is 1. The lowest BCUT2D eigenvalue weighted by Gasteiger charge is -2.20. The standard InChI is InChI=1S/C23H23FN4O3/c1-13-10-16(14(2)25-17-8-9-19(24)27-21(17)23(30)31)22-26-18(11-20(29)28(22)12-13)15-6-4-3-5-7-15/h6,8-12,14,25H,3-5,7H2,1-2H3,(H,30,31)/t14-/m1/s1. The fourth-order valence-electron chi connectivity index (χ4n) is 3.95. The van der Waals surface area contributed by atoms with Crippen LogP contribution in [0.3, 0.4) is 0 Å². The minimum atomic E-state index is -1.33. The van der Waals surface area contributed by atoms with Crippen molar-refractivity contribution < 1.29 is 14.3 Å². The first-order valence-corrected chi connectivity index (χ1v) is 10.2. The molecule has 31 heavy (non-hydrogen) atoms. The van der Waals surface area contributed by atoms with Gasteiger partial charge in [-0.3, -0.25) is 9.20 Å². The molecule has 2 N–H and O–H groups in total. The number of halogens is 1. The molecule has 0 radical (unpaired) electrons. The maximum absolute atomic E-state index is 13.4. The van der Waals surface area contributed by atoms with Gasteiger partial charge in [0.15, 0.2) is 5.69 Å². The van der Waals surface area contributed by atoms with Crippen LogP contribution in [0.4, 0.5) is 10.1 Å². The lowest BCUT2D eigenvalue weighted by molar-refractivity contribution is 0.0690. The predicted molar refractivity (Wildman–Crippen MR) is 116 cm³/mol. The summed E-state index contributed by atoms with van der Waals surface area (Å²) in [5.41, 5.74) is 3.48. The molecule has 0 spiro atoms. The SMILES string of the molecule is Cc1cc([C@@H](C)Nc2ccc(F)nc2C(=O)O)c2nc(C3=CCCCC3)cc(=O)n2c1. The number of hydrogen-bond acceptors (Lipinski definition) is 5. The van der Waals surface area contributed by atoms with Crippen LogP contribution in [0.25, 0.3) is 11.2 Å². The van der Waals surface area contributed by atoms with E-state index < -0.39 is 23.7 Å². The van der Waals surface area contributed by atoms with E-state index in [1.165, 1.54) is 10.5 Å². The normalized spacial score (nSPS) is 14.9. The van der Waals surface area contributed by atoms with Crippen molar-refractivity contribution in [2.45, 2.75) is 45.6 Å². The average molecular weight is 422 g/mol. The van der Waals surface area contributed by atoms with Crippen molar-refractivity contribution in [1.82, 2.24) is 14.4 Å². The van der Waals surface area contributed by atoms with Gasteiger partial charge < -0.3 is 10.4 Å². The number of carbonyl (C=O) groups is 1. The van der Waals surface area contributed by atoms with Crippen LogP contribution in [0.1, 0.15) is 66.0 Å². The molecule has 0 saturated carbocycles. The number of anilines is 1. The van der Waals surface area contributed by atoms with Crippen molar-refractivity contribution in [1.29, 1.82) is 0 Å². The Kier molecular flexibility index (Phi) is 5.54. The van der Waals surface area contributed by atoms with Crippen LogP contribution in [0, 0.1) is 12.9 Å². The number of rotatable bonds is 5.